The molecule has 19 heavy (non-hydrogen) atoms. The summed E-state index contributed by atoms with van der Waals surface area (Å²) in [5.74, 6) is 0.984. The van der Waals surface area contributed by atoms with Crippen LogP contribution < -0.4 is 0 Å². The zero-order valence-electron chi connectivity index (χ0n) is 12.4. The zero-order chi connectivity index (χ0) is 13.4. The van der Waals surface area contributed by atoms with Crippen LogP contribution in [-0.2, 0) is 13.5 Å². The van der Waals surface area contributed by atoms with Gasteiger partial charge in [0.05, 0.1) is 6.20 Å². The summed E-state index contributed by atoms with van der Waals surface area (Å²) in [5, 5.41) is 4.31. The van der Waals surface area contributed by atoms with E-state index in [1.807, 2.05) is 17.9 Å². The van der Waals surface area contributed by atoms with E-state index in [-0.39, 0.29) is 0 Å². The van der Waals surface area contributed by atoms with Crippen molar-refractivity contribution in [2.45, 2.75) is 37.8 Å². The molecule has 0 spiro atoms. The van der Waals surface area contributed by atoms with Gasteiger partial charge in [-0.25, -0.2) is 0 Å². The van der Waals surface area contributed by atoms with Gasteiger partial charge in [-0.05, 0) is 51.3 Å². The number of aromatic nitrogens is 2. The molecule has 1 saturated heterocycles. The molecule has 0 bridgehead atoms. The minimum atomic E-state index is 0.666. The van der Waals surface area contributed by atoms with E-state index < -0.39 is 0 Å². The Bertz CT molecular complexity index is 422. The third kappa shape index (κ3) is 3.00. The predicted octanol–water partition coefficient (Wildman–Crippen LogP) is 1.38. The molecule has 1 aliphatic carbocycles. The van der Waals surface area contributed by atoms with Crippen LogP contribution in [0.2, 0.25) is 0 Å². The average Bonchev–Trinajstić information content (AvgIpc) is 2.94. The topological polar surface area (TPSA) is 24.3 Å². The maximum absolute atomic E-state index is 4.31. The van der Waals surface area contributed by atoms with Crippen LogP contribution >= 0.6 is 0 Å². The van der Waals surface area contributed by atoms with Crippen LogP contribution in [0.1, 0.15) is 24.8 Å². The van der Waals surface area contributed by atoms with Gasteiger partial charge in [0.25, 0.3) is 0 Å². The molecule has 2 fully saturated rings. The second-order valence-corrected chi connectivity index (χ2v) is 6.55. The standard InChI is InChI=1S/C15H26N4/c1-17(2)14-6-7-19(11-12-4-5-12)15(14)8-13-9-16-18(3)10-13/h9-10,12,14-15H,4-8,11H2,1-3H3/t14-,15+/m1/s1. The van der Waals surface area contributed by atoms with Gasteiger partial charge >= 0.3 is 0 Å². The van der Waals surface area contributed by atoms with Gasteiger partial charge in [-0.3, -0.25) is 9.58 Å². The van der Waals surface area contributed by atoms with Crippen molar-refractivity contribution in [3.8, 4) is 0 Å². The molecule has 1 aromatic heterocycles. The molecule has 1 saturated carbocycles. The van der Waals surface area contributed by atoms with Crippen molar-refractivity contribution in [2.24, 2.45) is 13.0 Å². The van der Waals surface area contributed by atoms with Crippen molar-refractivity contribution in [3.05, 3.63) is 18.0 Å². The summed E-state index contributed by atoms with van der Waals surface area (Å²) < 4.78 is 1.92. The fourth-order valence-corrected chi connectivity index (χ4v) is 3.44. The Hall–Kier alpha value is -0.870. The zero-order valence-corrected chi connectivity index (χ0v) is 12.4. The fraction of sp³-hybridized carbons (Fsp3) is 0.800. The quantitative estimate of drug-likeness (QED) is 0.801. The molecule has 2 heterocycles. The summed E-state index contributed by atoms with van der Waals surface area (Å²) in [5.41, 5.74) is 1.38. The number of nitrogens with zero attached hydrogens (tertiary/aromatic N) is 4. The fourth-order valence-electron chi connectivity index (χ4n) is 3.44. The number of likely N-dealkylation sites (N-methyl/N-ethyl adjacent to an activating group) is 1. The molecule has 1 aromatic rings. The van der Waals surface area contributed by atoms with Crippen LogP contribution in [0.4, 0.5) is 0 Å². The smallest absolute Gasteiger partial charge is 0.0522 e. The molecular weight excluding hydrogens is 236 g/mol. The van der Waals surface area contributed by atoms with Gasteiger partial charge < -0.3 is 4.90 Å². The van der Waals surface area contributed by atoms with Gasteiger partial charge in [-0.2, -0.15) is 5.10 Å². The lowest BCUT2D eigenvalue weighted by atomic mass is 10.0. The molecule has 3 rings (SSSR count). The Morgan fingerprint density at radius 2 is 2.11 bits per heavy atom. The molecular formula is C15H26N4. The van der Waals surface area contributed by atoms with Crippen molar-refractivity contribution in [1.82, 2.24) is 19.6 Å². The Balaban J connectivity index is 1.70. The molecule has 0 N–H and O–H groups in total. The van der Waals surface area contributed by atoms with Crippen molar-refractivity contribution < 1.29 is 0 Å². The van der Waals surface area contributed by atoms with E-state index in [0.717, 1.165) is 12.3 Å². The number of likely N-dealkylation sites (tertiary alicyclic amines) is 1. The van der Waals surface area contributed by atoms with Crippen LogP contribution in [-0.4, -0.2) is 58.8 Å². The highest BCUT2D eigenvalue weighted by atomic mass is 15.3. The lowest BCUT2D eigenvalue weighted by Crippen LogP contribution is -2.44. The van der Waals surface area contributed by atoms with Gasteiger partial charge in [0.1, 0.15) is 0 Å². The summed E-state index contributed by atoms with van der Waals surface area (Å²) in [7, 11) is 6.45. The van der Waals surface area contributed by atoms with Gasteiger partial charge in [-0.15, -0.1) is 0 Å². The maximum Gasteiger partial charge on any atom is 0.0522 e. The first-order valence-corrected chi connectivity index (χ1v) is 7.51. The molecule has 0 unspecified atom stereocenters. The molecule has 106 valence electrons. The molecule has 2 aliphatic rings. The van der Waals surface area contributed by atoms with Crippen LogP contribution in [0.3, 0.4) is 0 Å². The predicted molar refractivity (Wildman–Crippen MR) is 77.1 cm³/mol. The SMILES string of the molecule is CN(C)[C@@H]1CCN(CC2CC2)[C@H]1Cc1cnn(C)c1. The first-order valence-electron chi connectivity index (χ1n) is 7.51. The van der Waals surface area contributed by atoms with Gasteiger partial charge in [0, 0.05) is 38.4 Å². The molecule has 0 radical (unpaired) electrons. The number of aryl methyl sites for hydroxylation is 1. The lowest BCUT2D eigenvalue weighted by molar-refractivity contribution is 0.178. The lowest BCUT2D eigenvalue weighted by Gasteiger charge is -2.31. The van der Waals surface area contributed by atoms with E-state index in [1.54, 1.807) is 0 Å². The number of hydrogen-bond acceptors (Lipinski definition) is 3. The molecule has 2 atom stereocenters. The van der Waals surface area contributed by atoms with Crippen molar-refractivity contribution in [1.29, 1.82) is 0 Å². The summed E-state index contributed by atoms with van der Waals surface area (Å²) in [6.45, 7) is 2.58. The second-order valence-electron chi connectivity index (χ2n) is 6.55. The second kappa shape index (κ2) is 5.25. The first kappa shape index (κ1) is 13.1. The Morgan fingerprint density at radius 3 is 2.68 bits per heavy atom. The third-order valence-electron chi connectivity index (χ3n) is 4.68. The third-order valence-corrected chi connectivity index (χ3v) is 4.68. The summed E-state index contributed by atoms with van der Waals surface area (Å²) in [6, 6.07) is 1.36. The van der Waals surface area contributed by atoms with Crippen LogP contribution in [0.15, 0.2) is 12.4 Å². The van der Waals surface area contributed by atoms with E-state index in [9.17, 15) is 0 Å². The molecule has 4 heteroatoms. The van der Waals surface area contributed by atoms with Crippen LogP contribution in [0.25, 0.3) is 0 Å². The van der Waals surface area contributed by atoms with Gasteiger partial charge in [0.2, 0.25) is 0 Å². The minimum Gasteiger partial charge on any atom is -0.305 e. The first-order chi connectivity index (χ1) is 9.13. The summed E-state index contributed by atoms with van der Waals surface area (Å²) >= 11 is 0. The summed E-state index contributed by atoms with van der Waals surface area (Å²) in [6.07, 6.45) is 9.54. The largest absolute Gasteiger partial charge is 0.305 e. The maximum atomic E-state index is 4.31. The molecule has 0 aromatic carbocycles. The number of rotatable bonds is 5. The van der Waals surface area contributed by atoms with E-state index >= 15 is 0 Å². The van der Waals surface area contributed by atoms with Crippen molar-refractivity contribution in [3.63, 3.8) is 0 Å². The summed E-state index contributed by atoms with van der Waals surface area (Å²) in [4.78, 5) is 5.14. The van der Waals surface area contributed by atoms with Gasteiger partial charge in [-0.1, -0.05) is 0 Å². The monoisotopic (exact) mass is 262 g/mol. The van der Waals surface area contributed by atoms with E-state index in [0.29, 0.717) is 12.1 Å². The highest BCUT2D eigenvalue weighted by Gasteiger charge is 2.38. The molecule has 1 aliphatic heterocycles. The number of hydrogen-bond donors (Lipinski definition) is 0. The Morgan fingerprint density at radius 1 is 1.32 bits per heavy atom. The Kier molecular flexibility index (Phi) is 3.63. The highest BCUT2D eigenvalue weighted by molar-refractivity contribution is 5.09. The van der Waals surface area contributed by atoms with E-state index in [1.165, 1.54) is 37.9 Å². The van der Waals surface area contributed by atoms with E-state index in [2.05, 4.69) is 35.2 Å². The van der Waals surface area contributed by atoms with Crippen LogP contribution in [0.5, 0.6) is 0 Å². The Labute approximate surface area is 116 Å². The van der Waals surface area contributed by atoms with Crippen molar-refractivity contribution >= 4 is 0 Å². The van der Waals surface area contributed by atoms with Crippen molar-refractivity contribution in [2.75, 3.05) is 27.2 Å². The normalized spacial score (nSPS) is 28.4. The van der Waals surface area contributed by atoms with E-state index in [4.69, 9.17) is 0 Å². The van der Waals surface area contributed by atoms with Gasteiger partial charge in [0.15, 0.2) is 0 Å². The minimum absolute atomic E-state index is 0.666. The molecule has 0 amide bonds. The molecule has 4 nitrogen and oxygen atoms in total. The van der Waals surface area contributed by atoms with Crippen LogP contribution in [0, 0.1) is 5.92 Å². The average molecular weight is 262 g/mol. The highest BCUT2D eigenvalue weighted by Crippen LogP contribution is 2.33.